The summed E-state index contributed by atoms with van der Waals surface area (Å²) in [5, 5.41) is 4.85. The van der Waals surface area contributed by atoms with Crippen LogP contribution in [0.2, 0.25) is 0 Å². The molecule has 0 unspecified atom stereocenters. The topological polar surface area (TPSA) is 72.0 Å². The third-order valence-electron chi connectivity index (χ3n) is 5.01. The second-order valence-corrected chi connectivity index (χ2v) is 6.89. The Morgan fingerprint density at radius 1 is 1.19 bits per heavy atom. The van der Waals surface area contributed by atoms with E-state index in [9.17, 15) is 4.79 Å². The highest BCUT2D eigenvalue weighted by Gasteiger charge is 2.27. The average molecular weight is 369 g/mol. The third kappa shape index (κ3) is 3.42. The van der Waals surface area contributed by atoms with Crippen LogP contribution >= 0.6 is 0 Å². The molecule has 1 saturated heterocycles. The summed E-state index contributed by atoms with van der Waals surface area (Å²) in [6, 6.07) is 7.49. The summed E-state index contributed by atoms with van der Waals surface area (Å²) in [6.45, 7) is 7.41. The SMILES string of the molecule is COc1ccc2oc(C)c(C(=O)N3CCN(Cc4cc(C)on4)CC3)c2c1. The standard InChI is InChI=1S/C20H23N3O4/c1-13-10-15(21-27-13)12-22-6-8-23(9-7-22)20(24)19-14(2)26-18-5-4-16(25-3)11-17(18)19/h4-5,10-11H,6-9,12H2,1-3H3. The van der Waals surface area contributed by atoms with Gasteiger partial charge in [-0.25, -0.2) is 0 Å². The number of aromatic nitrogens is 1. The van der Waals surface area contributed by atoms with Crippen LogP contribution < -0.4 is 4.74 Å². The maximum absolute atomic E-state index is 13.1. The predicted octanol–water partition coefficient (Wildman–Crippen LogP) is 3.00. The lowest BCUT2D eigenvalue weighted by Gasteiger charge is -2.34. The first-order valence-electron chi connectivity index (χ1n) is 9.06. The van der Waals surface area contributed by atoms with Crippen molar-refractivity contribution in [3.63, 3.8) is 0 Å². The van der Waals surface area contributed by atoms with E-state index in [4.69, 9.17) is 13.7 Å². The summed E-state index contributed by atoms with van der Waals surface area (Å²) in [5.74, 6) is 2.18. The number of hydrogen-bond donors (Lipinski definition) is 0. The lowest BCUT2D eigenvalue weighted by molar-refractivity contribution is 0.0625. The van der Waals surface area contributed by atoms with Crippen LogP contribution in [0, 0.1) is 13.8 Å². The largest absolute Gasteiger partial charge is 0.497 e. The molecule has 0 saturated carbocycles. The maximum atomic E-state index is 13.1. The summed E-state index contributed by atoms with van der Waals surface area (Å²) in [6.07, 6.45) is 0. The zero-order chi connectivity index (χ0) is 19.0. The number of aryl methyl sites for hydroxylation is 2. The van der Waals surface area contributed by atoms with Gasteiger partial charge in [-0.1, -0.05) is 5.16 Å². The molecule has 3 aromatic rings. The second-order valence-electron chi connectivity index (χ2n) is 6.89. The summed E-state index contributed by atoms with van der Waals surface area (Å²) < 4.78 is 16.2. The van der Waals surface area contributed by atoms with Gasteiger partial charge < -0.3 is 18.6 Å². The molecule has 0 bridgehead atoms. The Kier molecular flexibility index (Phi) is 4.61. The van der Waals surface area contributed by atoms with Crippen molar-refractivity contribution in [2.45, 2.75) is 20.4 Å². The molecule has 1 aromatic carbocycles. The number of methoxy groups -OCH3 is 1. The highest BCUT2D eigenvalue weighted by molar-refractivity contribution is 6.07. The fraction of sp³-hybridized carbons (Fsp3) is 0.400. The number of amides is 1. The van der Waals surface area contributed by atoms with E-state index in [0.29, 0.717) is 35.7 Å². The lowest BCUT2D eigenvalue weighted by atomic mass is 10.1. The van der Waals surface area contributed by atoms with Gasteiger partial charge in [0, 0.05) is 44.2 Å². The normalized spacial score (nSPS) is 15.4. The summed E-state index contributed by atoms with van der Waals surface area (Å²) in [4.78, 5) is 17.3. The molecule has 1 fully saturated rings. The Hall–Kier alpha value is -2.80. The number of carbonyl (C=O) groups is 1. The highest BCUT2D eigenvalue weighted by Crippen LogP contribution is 2.30. The summed E-state index contributed by atoms with van der Waals surface area (Å²) in [5.41, 5.74) is 2.26. The van der Waals surface area contributed by atoms with E-state index in [-0.39, 0.29) is 5.91 Å². The van der Waals surface area contributed by atoms with Gasteiger partial charge in [-0.15, -0.1) is 0 Å². The molecule has 0 radical (unpaired) electrons. The number of fused-ring (bicyclic) bond motifs is 1. The monoisotopic (exact) mass is 369 g/mol. The van der Waals surface area contributed by atoms with E-state index in [1.807, 2.05) is 43.0 Å². The lowest BCUT2D eigenvalue weighted by Crippen LogP contribution is -2.48. The molecule has 142 valence electrons. The van der Waals surface area contributed by atoms with Gasteiger partial charge in [-0.05, 0) is 32.0 Å². The molecule has 0 N–H and O–H groups in total. The van der Waals surface area contributed by atoms with Crippen molar-refractivity contribution < 1.29 is 18.5 Å². The van der Waals surface area contributed by atoms with Gasteiger partial charge in [0.1, 0.15) is 22.9 Å². The molecule has 4 rings (SSSR count). The van der Waals surface area contributed by atoms with Crippen LogP contribution in [0.1, 0.15) is 27.6 Å². The van der Waals surface area contributed by atoms with Crippen LogP contribution in [0.25, 0.3) is 11.0 Å². The molecular weight excluding hydrogens is 346 g/mol. The first-order valence-corrected chi connectivity index (χ1v) is 9.06. The van der Waals surface area contributed by atoms with Crippen molar-refractivity contribution in [3.05, 3.63) is 47.0 Å². The average Bonchev–Trinajstić information content (AvgIpc) is 3.22. The van der Waals surface area contributed by atoms with Gasteiger partial charge in [0.05, 0.1) is 18.4 Å². The van der Waals surface area contributed by atoms with Gasteiger partial charge in [0.2, 0.25) is 0 Å². The molecule has 0 spiro atoms. The molecule has 1 aliphatic rings. The van der Waals surface area contributed by atoms with Crippen LogP contribution in [0.3, 0.4) is 0 Å². The second kappa shape index (κ2) is 7.08. The molecule has 0 aliphatic carbocycles. The van der Waals surface area contributed by atoms with Crippen LogP contribution in [0.5, 0.6) is 5.75 Å². The van der Waals surface area contributed by atoms with E-state index < -0.39 is 0 Å². The Bertz CT molecular complexity index is 967. The smallest absolute Gasteiger partial charge is 0.258 e. The Balaban J connectivity index is 1.48. The number of hydrogen-bond acceptors (Lipinski definition) is 6. The Labute approximate surface area is 157 Å². The van der Waals surface area contributed by atoms with E-state index in [1.165, 1.54) is 0 Å². The van der Waals surface area contributed by atoms with Gasteiger partial charge in [-0.3, -0.25) is 9.69 Å². The van der Waals surface area contributed by atoms with Gasteiger partial charge in [0.15, 0.2) is 0 Å². The van der Waals surface area contributed by atoms with E-state index in [2.05, 4.69) is 10.1 Å². The molecular formula is C20H23N3O4. The van der Waals surface area contributed by atoms with Crippen molar-refractivity contribution >= 4 is 16.9 Å². The third-order valence-corrected chi connectivity index (χ3v) is 5.01. The van der Waals surface area contributed by atoms with E-state index >= 15 is 0 Å². The van der Waals surface area contributed by atoms with Crippen molar-refractivity contribution in [2.75, 3.05) is 33.3 Å². The number of nitrogens with zero attached hydrogens (tertiary/aromatic N) is 3. The zero-order valence-corrected chi connectivity index (χ0v) is 15.8. The Morgan fingerprint density at radius 3 is 2.63 bits per heavy atom. The number of piperazine rings is 1. The van der Waals surface area contributed by atoms with Gasteiger partial charge >= 0.3 is 0 Å². The molecule has 2 aromatic heterocycles. The molecule has 3 heterocycles. The van der Waals surface area contributed by atoms with Crippen molar-refractivity contribution in [3.8, 4) is 5.75 Å². The first-order chi connectivity index (χ1) is 13.0. The summed E-state index contributed by atoms with van der Waals surface area (Å²) >= 11 is 0. The van der Waals surface area contributed by atoms with Crippen LogP contribution in [-0.2, 0) is 6.54 Å². The summed E-state index contributed by atoms with van der Waals surface area (Å²) in [7, 11) is 1.62. The predicted molar refractivity (Wildman–Crippen MR) is 99.9 cm³/mol. The number of ether oxygens (including phenoxy) is 1. The molecule has 0 atom stereocenters. The molecule has 7 nitrogen and oxygen atoms in total. The maximum Gasteiger partial charge on any atom is 0.258 e. The quantitative estimate of drug-likeness (QED) is 0.704. The number of rotatable bonds is 4. The van der Waals surface area contributed by atoms with E-state index in [0.717, 1.165) is 36.5 Å². The first kappa shape index (κ1) is 17.6. The van der Waals surface area contributed by atoms with Crippen molar-refractivity contribution in [1.29, 1.82) is 0 Å². The molecule has 7 heteroatoms. The fourth-order valence-electron chi connectivity index (χ4n) is 3.58. The number of benzene rings is 1. The molecule has 1 amide bonds. The van der Waals surface area contributed by atoms with Gasteiger partial charge in [0.25, 0.3) is 5.91 Å². The molecule has 27 heavy (non-hydrogen) atoms. The van der Waals surface area contributed by atoms with Crippen molar-refractivity contribution in [1.82, 2.24) is 15.0 Å². The highest BCUT2D eigenvalue weighted by atomic mass is 16.5. The van der Waals surface area contributed by atoms with Gasteiger partial charge in [-0.2, -0.15) is 0 Å². The Morgan fingerprint density at radius 2 is 1.96 bits per heavy atom. The fourth-order valence-corrected chi connectivity index (χ4v) is 3.58. The van der Waals surface area contributed by atoms with Crippen molar-refractivity contribution in [2.24, 2.45) is 0 Å². The number of carbonyl (C=O) groups excluding carboxylic acids is 1. The minimum absolute atomic E-state index is 0.0106. The van der Waals surface area contributed by atoms with Crippen LogP contribution in [0.4, 0.5) is 0 Å². The van der Waals surface area contributed by atoms with Crippen LogP contribution in [-0.4, -0.2) is 54.2 Å². The minimum Gasteiger partial charge on any atom is -0.497 e. The minimum atomic E-state index is 0.0106. The molecule has 1 aliphatic heterocycles. The number of furan rings is 1. The van der Waals surface area contributed by atoms with E-state index in [1.54, 1.807) is 7.11 Å². The zero-order valence-electron chi connectivity index (χ0n) is 15.8. The van der Waals surface area contributed by atoms with Crippen LogP contribution in [0.15, 0.2) is 33.2 Å².